The molecule has 3 N–H and O–H groups in total. The van der Waals surface area contributed by atoms with E-state index in [2.05, 4.69) is 29.1 Å². The lowest BCUT2D eigenvalue weighted by Gasteiger charge is -2.36. The Hall–Kier alpha value is -0.0800. The summed E-state index contributed by atoms with van der Waals surface area (Å²) < 4.78 is 5.38. The van der Waals surface area contributed by atoms with Crippen molar-refractivity contribution < 1.29 is 4.74 Å². The Morgan fingerprint density at radius 2 is 2.00 bits per heavy atom. The van der Waals surface area contributed by atoms with Gasteiger partial charge in [-0.25, -0.2) is 0 Å². The number of aliphatic imine (C=N–C) groups is 1. The van der Waals surface area contributed by atoms with E-state index in [0.29, 0.717) is 17.9 Å². The molecule has 1 heterocycles. The van der Waals surface area contributed by atoms with Crippen molar-refractivity contribution in [1.82, 2.24) is 10.2 Å². The van der Waals surface area contributed by atoms with E-state index in [1.807, 2.05) is 6.92 Å². The quantitative estimate of drug-likeness (QED) is 0.429. The van der Waals surface area contributed by atoms with Crippen molar-refractivity contribution in [3.8, 4) is 0 Å². The second-order valence-corrected chi connectivity index (χ2v) is 4.72. The third-order valence-corrected chi connectivity index (χ3v) is 3.09. The van der Waals surface area contributed by atoms with Crippen LogP contribution < -0.4 is 11.1 Å². The number of nitrogens with zero attached hydrogens (tertiary/aromatic N) is 2. The molecule has 0 aliphatic carbocycles. The van der Waals surface area contributed by atoms with E-state index >= 15 is 0 Å². The first-order valence-corrected chi connectivity index (χ1v) is 6.50. The summed E-state index contributed by atoms with van der Waals surface area (Å²) in [5.41, 5.74) is 5.76. The van der Waals surface area contributed by atoms with Gasteiger partial charge in [0.15, 0.2) is 5.96 Å². The van der Waals surface area contributed by atoms with Gasteiger partial charge in [-0.05, 0) is 12.8 Å². The van der Waals surface area contributed by atoms with Gasteiger partial charge in [0.2, 0.25) is 0 Å². The molecule has 0 bridgehead atoms. The van der Waals surface area contributed by atoms with Gasteiger partial charge in [0.25, 0.3) is 0 Å². The van der Waals surface area contributed by atoms with Crippen molar-refractivity contribution in [1.29, 1.82) is 0 Å². The van der Waals surface area contributed by atoms with Gasteiger partial charge in [-0.3, -0.25) is 9.89 Å². The SMILES string of the molecule is CCNC(N)=NCC(C(C)C)N1CCOCC1.I. The Kier molecular flexibility index (Phi) is 9.76. The van der Waals surface area contributed by atoms with Gasteiger partial charge in [0.05, 0.1) is 19.8 Å². The molecule has 1 aliphatic rings. The lowest BCUT2D eigenvalue weighted by Crippen LogP contribution is -2.48. The van der Waals surface area contributed by atoms with Crippen molar-refractivity contribution in [3.63, 3.8) is 0 Å². The minimum atomic E-state index is 0. The molecule has 1 rings (SSSR count). The second-order valence-electron chi connectivity index (χ2n) is 4.72. The van der Waals surface area contributed by atoms with E-state index in [-0.39, 0.29) is 24.0 Å². The lowest BCUT2D eigenvalue weighted by molar-refractivity contribution is 0.00868. The molecule has 18 heavy (non-hydrogen) atoms. The third kappa shape index (κ3) is 6.19. The Labute approximate surface area is 128 Å². The van der Waals surface area contributed by atoms with E-state index in [4.69, 9.17) is 10.5 Å². The molecular weight excluding hydrogens is 343 g/mol. The minimum absolute atomic E-state index is 0. The highest BCUT2D eigenvalue weighted by atomic mass is 127. The summed E-state index contributed by atoms with van der Waals surface area (Å²) in [5.74, 6) is 1.12. The summed E-state index contributed by atoms with van der Waals surface area (Å²) >= 11 is 0. The zero-order valence-corrected chi connectivity index (χ0v) is 14.0. The fourth-order valence-corrected chi connectivity index (χ4v) is 2.09. The Morgan fingerprint density at radius 1 is 1.39 bits per heavy atom. The fourth-order valence-electron chi connectivity index (χ4n) is 2.09. The lowest BCUT2D eigenvalue weighted by atomic mass is 10.0. The molecule has 1 fully saturated rings. The standard InChI is InChI=1S/C12H26N4O.HI/c1-4-14-12(13)15-9-11(10(2)3)16-5-7-17-8-6-16;/h10-11H,4-9H2,1-3H3,(H3,13,14,15);1H. The molecule has 1 atom stereocenters. The van der Waals surface area contributed by atoms with Crippen molar-refractivity contribution in [3.05, 3.63) is 0 Å². The van der Waals surface area contributed by atoms with E-state index in [1.54, 1.807) is 0 Å². The maximum absolute atomic E-state index is 5.76. The van der Waals surface area contributed by atoms with Crippen molar-refractivity contribution in [2.75, 3.05) is 39.4 Å². The number of hydrogen-bond donors (Lipinski definition) is 2. The van der Waals surface area contributed by atoms with Crippen LogP contribution in [0.15, 0.2) is 4.99 Å². The molecule has 0 aromatic rings. The maximum atomic E-state index is 5.76. The van der Waals surface area contributed by atoms with Gasteiger partial charge in [0, 0.05) is 25.7 Å². The van der Waals surface area contributed by atoms with Gasteiger partial charge in [-0.15, -0.1) is 24.0 Å². The first-order valence-electron chi connectivity index (χ1n) is 6.50. The molecule has 0 spiro atoms. The molecule has 0 aromatic heterocycles. The highest BCUT2D eigenvalue weighted by Crippen LogP contribution is 2.13. The van der Waals surface area contributed by atoms with Crippen molar-refractivity contribution >= 4 is 29.9 Å². The second kappa shape index (κ2) is 9.80. The van der Waals surface area contributed by atoms with E-state index < -0.39 is 0 Å². The average molecular weight is 370 g/mol. The van der Waals surface area contributed by atoms with Gasteiger partial charge in [-0.1, -0.05) is 13.8 Å². The van der Waals surface area contributed by atoms with Crippen LogP contribution in [0, 0.1) is 5.92 Å². The molecule has 6 heteroatoms. The molecule has 0 amide bonds. The molecule has 108 valence electrons. The third-order valence-electron chi connectivity index (χ3n) is 3.09. The topological polar surface area (TPSA) is 62.9 Å². The van der Waals surface area contributed by atoms with Crippen LogP contribution in [0.5, 0.6) is 0 Å². The van der Waals surface area contributed by atoms with Crippen LogP contribution in [0.2, 0.25) is 0 Å². The Balaban J connectivity index is 0.00000289. The molecule has 0 aromatic carbocycles. The molecule has 1 saturated heterocycles. The summed E-state index contributed by atoms with van der Waals surface area (Å²) in [6, 6.07) is 0.455. The number of halogens is 1. The van der Waals surface area contributed by atoms with Gasteiger partial charge in [0.1, 0.15) is 0 Å². The van der Waals surface area contributed by atoms with Crippen LogP contribution in [-0.4, -0.2) is 56.3 Å². The average Bonchev–Trinajstić information content (AvgIpc) is 2.30. The zero-order chi connectivity index (χ0) is 12.7. The molecule has 0 radical (unpaired) electrons. The molecule has 1 unspecified atom stereocenters. The monoisotopic (exact) mass is 370 g/mol. The van der Waals surface area contributed by atoms with E-state index in [1.165, 1.54) is 0 Å². The number of hydrogen-bond acceptors (Lipinski definition) is 3. The van der Waals surface area contributed by atoms with Crippen LogP contribution in [-0.2, 0) is 4.74 Å². The normalized spacial score (nSPS) is 19.4. The zero-order valence-electron chi connectivity index (χ0n) is 11.7. The van der Waals surface area contributed by atoms with Crippen LogP contribution in [0.4, 0.5) is 0 Å². The highest BCUT2D eigenvalue weighted by Gasteiger charge is 2.23. The first kappa shape index (κ1) is 17.9. The van der Waals surface area contributed by atoms with Crippen LogP contribution >= 0.6 is 24.0 Å². The minimum Gasteiger partial charge on any atom is -0.379 e. The Bertz CT molecular complexity index is 242. The van der Waals surface area contributed by atoms with Gasteiger partial charge < -0.3 is 15.8 Å². The van der Waals surface area contributed by atoms with Crippen LogP contribution in [0.1, 0.15) is 20.8 Å². The number of nitrogens with two attached hydrogens (primary N) is 1. The number of nitrogens with one attached hydrogen (secondary N) is 1. The number of morpholine rings is 1. The molecule has 0 saturated carbocycles. The van der Waals surface area contributed by atoms with Crippen LogP contribution in [0.3, 0.4) is 0 Å². The smallest absolute Gasteiger partial charge is 0.188 e. The Morgan fingerprint density at radius 3 is 2.50 bits per heavy atom. The first-order chi connectivity index (χ1) is 8.15. The van der Waals surface area contributed by atoms with Crippen LogP contribution in [0.25, 0.3) is 0 Å². The maximum Gasteiger partial charge on any atom is 0.188 e. The summed E-state index contributed by atoms with van der Waals surface area (Å²) in [4.78, 5) is 6.87. The summed E-state index contributed by atoms with van der Waals surface area (Å²) in [5, 5.41) is 3.03. The van der Waals surface area contributed by atoms with Gasteiger partial charge >= 0.3 is 0 Å². The van der Waals surface area contributed by atoms with Crippen molar-refractivity contribution in [2.24, 2.45) is 16.6 Å². The summed E-state index contributed by atoms with van der Waals surface area (Å²) in [7, 11) is 0. The predicted octanol–water partition coefficient (Wildman–Crippen LogP) is 0.885. The largest absolute Gasteiger partial charge is 0.379 e. The highest BCUT2D eigenvalue weighted by molar-refractivity contribution is 14.0. The molecule has 5 nitrogen and oxygen atoms in total. The fraction of sp³-hybridized carbons (Fsp3) is 0.917. The summed E-state index contributed by atoms with van der Waals surface area (Å²) in [6.45, 7) is 11.7. The van der Waals surface area contributed by atoms with E-state index in [9.17, 15) is 0 Å². The molecular formula is C12H27IN4O. The van der Waals surface area contributed by atoms with Crippen molar-refractivity contribution in [2.45, 2.75) is 26.8 Å². The number of guanidine groups is 1. The number of rotatable bonds is 5. The van der Waals surface area contributed by atoms with Gasteiger partial charge in [-0.2, -0.15) is 0 Å². The predicted molar refractivity (Wildman–Crippen MR) is 86.6 cm³/mol. The summed E-state index contributed by atoms with van der Waals surface area (Å²) in [6.07, 6.45) is 0. The molecule has 1 aliphatic heterocycles. The number of ether oxygens (including phenoxy) is 1. The van der Waals surface area contributed by atoms with E-state index in [0.717, 1.165) is 39.4 Å².